The lowest BCUT2D eigenvalue weighted by atomic mass is 9.73. The van der Waals surface area contributed by atoms with Crippen molar-refractivity contribution in [2.45, 2.75) is 182 Å². The number of piperidine rings is 1. The number of ketones is 2. The van der Waals surface area contributed by atoms with Gasteiger partial charge in [0.1, 0.15) is 0 Å². The maximum absolute atomic E-state index is 15.0. The van der Waals surface area contributed by atoms with Gasteiger partial charge in [-0.1, -0.05) is 80.1 Å². The Bertz CT molecular complexity index is 1320. The van der Waals surface area contributed by atoms with Crippen LogP contribution in [0.3, 0.4) is 0 Å². The summed E-state index contributed by atoms with van der Waals surface area (Å²) in [4.78, 5) is 74.0. The fraction of sp³-hybridized carbons (Fsp3) is 0.881. The number of carboxylic acids is 1. The van der Waals surface area contributed by atoms with E-state index < -0.39 is 35.3 Å². The van der Waals surface area contributed by atoms with Gasteiger partial charge in [0.2, 0.25) is 11.8 Å². The van der Waals surface area contributed by atoms with Crippen molar-refractivity contribution in [3.05, 3.63) is 0 Å². The van der Waals surface area contributed by atoms with E-state index in [0.29, 0.717) is 25.8 Å². The van der Waals surface area contributed by atoms with E-state index in [1.165, 1.54) is 0 Å². The van der Waals surface area contributed by atoms with Crippen LogP contribution in [0.2, 0.25) is 0 Å². The molecule has 2 N–H and O–H groups in total. The zero-order valence-electron chi connectivity index (χ0n) is 33.2. The molecule has 5 fully saturated rings. The molecule has 5 aliphatic rings. The van der Waals surface area contributed by atoms with Gasteiger partial charge in [-0.2, -0.15) is 0 Å². The van der Waals surface area contributed by atoms with Crippen LogP contribution in [-0.4, -0.2) is 81.5 Å². The second-order valence-corrected chi connectivity index (χ2v) is 19.1. The van der Waals surface area contributed by atoms with E-state index in [1.54, 1.807) is 4.90 Å². The number of fused-ring (bicyclic) bond motifs is 1. The zero-order valence-corrected chi connectivity index (χ0v) is 33.2. The summed E-state index contributed by atoms with van der Waals surface area (Å²) in [6, 6.07) is -1.35. The number of nitrogens with zero attached hydrogens (tertiary/aromatic N) is 2. The Kier molecular flexibility index (Phi) is 11.9. The van der Waals surface area contributed by atoms with Gasteiger partial charge in [-0.3, -0.25) is 28.9 Å². The van der Waals surface area contributed by atoms with Crippen molar-refractivity contribution in [2.24, 2.45) is 39.4 Å². The summed E-state index contributed by atoms with van der Waals surface area (Å²) in [5.74, 6) is -2.84. The van der Waals surface area contributed by atoms with Crippen molar-refractivity contribution < 1.29 is 29.1 Å². The predicted octanol–water partition coefficient (Wildman–Crippen LogP) is 7.19. The molecule has 2 heterocycles. The van der Waals surface area contributed by atoms with Gasteiger partial charge in [0.25, 0.3) is 0 Å². The highest BCUT2D eigenvalue weighted by molar-refractivity contribution is 5.96. The van der Waals surface area contributed by atoms with Crippen molar-refractivity contribution in [3.63, 3.8) is 0 Å². The molecule has 9 nitrogen and oxygen atoms in total. The quantitative estimate of drug-likeness (QED) is 0.195. The van der Waals surface area contributed by atoms with Crippen LogP contribution in [0, 0.1) is 39.4 Å². The molecule has 2 spiro atoms. The smallest absolute Gasteiger partial charge is 0.306 e. The third kappa shape index (κ3) is 7.32. The molecule has 1 unspecified atom stereocenters. The Morgan fingerprint density at radius 1 is 0.863 bits per heavy atom. The number of aliphatic carboxylic acids is 1. The second-order valence-electron chi connectivity index (χ2n) is 19.1. The number of carboxylic acid groups (broad SMARTS) is 1. The van der Waals surface area contributed by atoms with Crippen LogP contribution < -0.4 is 5.32 Å². The highest BCUT2D eigenvalue weighted by Gasteiger charge is 2.85. The van der Waals surface area contributed by atoms with Gasteiger partial charge in [0, 0.05) is 36.8 Å². The van der Waals surface area contributed by atoms with E-state index in [1.807, 2.05) is 27.7 Å². The summed E-state index contributed by atoms with van der Waals surface area (Å²) in [6.45, 7) is 18.1. The number of carbonyl (C=O) groups is 5. The molecule has 5 rings (SSSR count). The average Bonchev–Trinajstić information content (AvgIpc) is 3.27. The topological polar surface area (TPSA) is 124 Å². The maximum atomic E-state index is 15.0. The maximum Gasteiger partial charge on any atom is 0.306 e. The number of likely N-dealkylation sites (tertiary alicyclic amines) is 2. The zero-order chi connectivity index (χ0) is 37.5. The summed E-state index contributed by atoms with van der Waals surface area (Å²) < 4.78 is 0. The minimum Gasteiger partial charge on any atom is -0.481 e. The van der Waals surface area contributed by atoms with Crippen LogP contribution in [0.5, 0.6) is 0 Å². The van der Waals surface area contributed by atoms with Crippen molar-refractivity contribution in [3.8, 4) is 0 Å². The third-order valence-corrected chi connectivity index (χ3v) is 14.9. The van der Waals surface area contributed by atoms with Crippen LogP contribution in [0.4, 0.5) is 0 Å². The van der Waals surface area contributed by atoms with E-state index in [4.69, 9.17) is 0 Å². The van der Waals surface area contributed by atoms with Gasteiger partial charge in [-0.15, -0.1) is 0 Å². The Morgan fingerprint density at radius 2 is 1.51 bits per heavy atom. The lowest BCUT2D eigenvalue weighted by molar-refractivity contribution is -0.148. The standard InChI is InChI=1S/C42H69N3O6/c1-9-16-29(38(50)51)23-33(46)32-25-42(40(7,8)41(42)20-15-21-41)26-45(32)37(49)30(39(4,5)6)24-34(47)35(28-17-11-10-12-18-28)43-36(48)31-19-13-14-22-44(31)27(2)3/h27-32,35H,9-26H2,1-8H3,(H,43,48)(H,50,51)/t29-,30-,31+,32-,35-,42?/m0/s1. The van der Waals surface area contributed by atoms with E-state index in [2.05, 4.69) is 37.9 Å². The number of carbonyl (C=O) groups excluding carboxylic acids is 4. The monoisotopic (exact) mass is 712 g/mol. The Labute approximate surface area is 307 Å². The number of rotatable bonds is 14. The summed E-state index contributed by atoms with van der Waals surface area (Å²) in [6.07, 6.45) is 12.7. The average molecular weight is 712 g/mol. The molecule has 0 aromatic rings. The molecular weight excluding hydrogens is 642 g/mol. The molecule has 3 saturated carbocycles. The van der Waals surface area contributed by atoms with Gasteiger partial charge in [-0.25, -0.2) is 0 Å². The van der Waals surface area contributed by atoms with Gasteiger partial charge in [-0.05, 0) is 93.9 Å². The van der Waals surface area contributed by atoms with E-state index in [0.717, 1.165) is 77.2 Å². The number of hydrogen-bond acceptors (Lipinski definition) is 6. The first-order valence-electron chi connectivity index (χ1n) is 20.6. The number of amides is 2. The molecule has 2 amide bonds. The van der Waals surface area contributed by atoms with Gasteiger partial charge in [0.05, 0.1) is 24.0 Å². The normalized spacial score (nSPS) is 29.4. The van der Waals surface area contributed by atoms with Gasteiger partial charge < -0.3 is 15.3 Å². The molecule has 288 valence electrons. The molecule has 0 radical (unpaired) electrons. The molecule has 0 aromatic carbocycles. The van der Waals surface area contributed by atoms with Crippen LogP contribution in [0.1, 0.15) is 158 Å². The first kappa shape index (κ1) is 39.9. The van der Waals surface area contributed by atoms with Crippen molar-refractivity contribution in [2.75, 3.05) is 13.1 Å². The van der Waals surface area contributed by atoms with Crippen molar-refractivity contribution >= 4 is 29.4 Å². The molecule has 51 heavy (non-hydrogen) atoms. The number of Topliss-reactive ketones (excluding diaryl/α,β-unsaturated/α-hetero) is 2. The van der Waals surface area contributed by atoms with E-state index >= 15 is 4.79 Å². The molecule has 2 saturated heterocycles. The Balaban J connectivity index is 1.42. The SMILES string of the molecule is CCC[C@@H](CC(=O)[C@@H]1CC2(CN1C(=O)[C@H](CC(=O)[C@@H](NC(=O)[C@H]1CCCCN1C(C)C)C1CCCCC1)C(C)(C)C)C(C)(C)C21CCC1)C(=O)O. The molecular formula is C42H69N3O6. The van der Waals surface area contributed by atoms with Gasteiger partial charge >= 0.3 is 5.97 Å². The molecule has 2 aliphatic heterocycles. The summed E-state index contributed by atoms with van der Waals surface area (Å²) in [5, 5.41) is 13.2. The summed E-state index contributed by atoms with van der Waals surface area (Å²) in [7, 11) is 0. The number of nitrogens with one attached hydrogen (secondary N) is 1. The van der Waals surface area contributed by atoms with E-state index in [-0.39, 0.29) is 70.5 Å². The molecule has 6 atom stereocenters. The Hall–Kier alpha value is -2.29. The lowest BCUT2D eigenvalue weighted by Gasteiger charge is -2.40. The summed E-state index contributed by atoms with van der Waals surface area (Å²) >= 11 is 0. The minimum absolute atomic E-state index is 0.00880. The highest BCUT2D eigenvalue weighted by Crippen LogP contribution is 2.88. The van der Waals surface area contributed by atoms with Crippen molar-refractivity contribution in [1.82, 2.24) is 15.1 Å². The fourth-order valence-electron chi connectivity index (χ4n) is 11.5. The first-order chi connectivity index (χ1) is 23.9. The summed E-state index contributed by atoms with van der Waals surface area (Å²) in [5.41, 5.74) is -0.664. The predicted molar refractivity (Wildman–Crippen MR) is 199 cm³/mol. The number of hydrogen-bond donors (Lipinski definition) is 2. The van der Waals surface area contributed by atoms with Crippen LogP contribution in [0.25, 0.3) is 0 Å². The first-order valence-corrected chi connectivity index (χ1v) is 20.6. The lowest BCUT2D eigenvalue weighted by Crippen LogP contribution is -2.57. The van der Waals surface area contributed by atoms with Crippen LogP contribution >= 0.6 is 0 Å². The molecule has 3 aliphatic carbocycles. The largest absolute Gasteiger partial charge is 0.481 e. The Morgan fingerprint density at radius 3 is 2.04 bits per heavy atom. The van der Waals surface area contributed by atoms with Crippen molar-refractivity contribution in [1.29, 1.82) is 0 Å². The highest BCUT2D eigenvalue weighted by atomic mass is 16.4. The van der Waals surface area contributed by atoms with Crippen LogP contribution in [-0.2, 0) is 24.0 Å². The molecule has 0 bridgehead atoms. The second kappa shape index (κ2) is 15.2. The van der Waals surface area contributed by atoms with Gasteiger partial charge in [0.15, 0.2) is 11.6 Å². The molecule has 9 heteroatoms. The van der Waals surface area contributed by atoms with Crippen LogP contribution in [0.15, 0.2) is 0 Å². The molecule has 0 aromatic heterocycles. The van der Waals surface area contributed by atoms with E-state index in [9.17, 15) is 24.3 Å². The minimum atomic E-state index is -0.961. The fourth-order valence-corrected chi connectivity index (χ4v) is 11.5. The third-order valence-electron chi connectivity index (χ3n) is 14.9.